The molecule has 4 rings (SSSR count). The second-order valence-corrected chi connectivity index (χ2v) is 6.38. The Morgan fingerprint density at radius 3 is 2.75 bits per heavy atom. The number of rotatable bonds is 2. The average molecular weight is 344 g/mol. The molecule has 1 N–H and O–H groups in total. The number of hydrogen-bond acceptors (Lipinski definition) is 5. The molecule has 102 valence electrons. The summed E-state index contributed by atoms with van der Waals surface area (Å²) in [6.45, 7) is 0. The molecular formula is C11H7Cl2N5S2. The van der Waals surface area contributed by atoms with Crippen molar-refractivity contribution in [2.24, 2.45) is 0 Å². The van der Waals surface area contributed by atoms with Crippen LogP contribution in [-0.2, 0) is 0 Å². The van der Waals surface area contributed by atoms with Gasteiger partial charge in [0.2, 0.25) is 0 Å². The Bertz CT molecular complexity index is 877. The third-order valence-corrected chi connectivity index (χ3v) is 4.66. The molecule has 0 atom stereocenters. The largest absolute Gasteiger partial charge is 0.268 e. The zero-order valence-corrected chi connectivity index (χ0v) is 13.1. The van der Waals surface area contributed by atoms with Crippen LogP contribution < -0.4 is 0 Å². The smallest absolute Gasteiger partial charge is 0.200 e. The zero-order valence-electron chi connectivity index (χ0n) is 9.93. The molecule has 0 amide bonds. The first-order valence-electron chi connectivity index (χ1n) is 5.95. The standard InChI is InChI=1S/C11H7Cl2N5S2/c12-5-3-6(13)9(8-7(5)16-20-17-8)18-10(4-1-2-4)14-15-11(18)19/h3-4H,1-2H2,(H,15,19). The number of nitrogens with zero attached hydrogens (tertiary/aromatic N) is 4. The van der Waals surface area contributed by atoms with E-state index in [-0.39, 0.29) is 0 Å². The minimum absolute atomic E-state index is 0.427. The molecule has 0 saturated heterocycles. The SMILES string of the molecule is S=c1[nH]nc(C2CC2)n1-c1c(Cl)cc(Cl)c2nsnc12. The van der Waals surface area contributed by atoms with Crippen LogP contribution in [0.4, 0.5) is 0 Å². The minimum Gasteiger partial charge on any atom is -0.268 e. The van der Waals surface area contributed by atoms with Gasteiger partial charge in [-0.25, -0.2) is 0 Å². The predicted octanol–water partition coefficient (Wildman–Crippen LogP) is 4.12. The molecule has 9 heteroatoms. The van der Waals surface area contributed by atoms with Crippen molar-refractivity contribution in [2.75, 3.05) is 0 Å². The van der Waals surface area contributed by atoms with Gasteiger partial charge in [0.15, 0.2) is 4.77 Å². The lowest BCUT2D eigenvalue weighted by Gasteiger charge is -2.09. The van der Waals surface area contributed by atoms with Gasteiger partial charge in [-0.15, -0.1) is 0 Å². The Labute approximate surface area is 132 Å². The molecule has 1 aliphatic carbocycles. The number of halogens is 2. The predicted molar refractivity (Wildman–Crippen MR) is 81.7 cm³/mol. The van der Waals surface area contributed by atoms with Crippen LogP contribution >= 0.6 is 47.1 Å². The van der Waals surface area contributed by atoms with E-state index < -0.39 is 0 Å². The lowest BCUT2D eigenvalue weighted by molar-refractivity contribution is 0.872. The van der Waals surface area contributed by atoms with Gasteiger partial charge >= 0.3 is 0 Å². The fourth-order valence-electron chi connectivity index (χ4n) is 2.22. The summed E-state index contributed by atoms with van der Waals surface area (Å²) in [5, 5.41) is 8.14. The molecule has 0 unspecified atom stereocenters. The van der Waals surface area contributed by atoms with Gasteiger partial charge in [0.1, 0.15) is 16.9 Å². The van der Waals surface area contributed by atoms with E-state index in [0.29, 0.717) is 37.5 Å². The van der Waals surface area contributed by atoms with Gasteiger partial charge in [-0.1, -0.05) is 23.2 Å². The van der Waals surface area contributed by atoms with Crippen molar-refractivity contribution in [3.63, 3.8) is 0 Å². The first-order chi connectivity index (χ1) is 9.66. The van der Waals surface area contributed by atoms with E-state index in [4.69, 9.17) is 35.4 Å². The highest BCUT2D eigenvalue weighted by Crippen LogP contribution is 2.42. The van der Waals surface area contributed by atoms with Crippen molar-refractivity contribution >= 4 is 58.2 Å². The molecular weight excluding hydrogens is 337 g/mol. The van der Waals surface area contributed by atoms with Crippen LogP contribution in [0.2, 0.25) is 10.0 Å². The first kappa shape index (κ1) is 12.7. The fourth-order valence-corrected chi connectivity index (χ4v) is 3.64. The molecule has 20 heavy (non-hydrogen) atoms. The number of nitrogens with one attached hydrogen (secondary N) is 1. The third kappa shape index (κ3) is 1.81. The number of aromatic nitrogens is 5. The summed E-state index contributed by atoms with van der Waals surface area (Å²) >= 11 is 19.0. The van der Waals surface area contributed by atoms with Crippen LogP contribution in [0.3, 0.4) is 0 Å². The van der Waals surface area contributed by atoms with E-state index in [1.165, 1.54) is 0 Å². The topological polar surface area (TPSA) is 59.4 Å². The summed E-state index contributed by atoms with van der Waals surface area (Å²) in [4.78, 5) is 0. The van der Waals surface area contributed by atoms with Crippen LogP contribution in [0.15, 0.2) is 6.07 Å². The Morgan fingerprint density at radius 2 is 2.00 bits per heavy atom. The van der Waals surface area contributed by atoms with Crippen molar-refractivity contribution in [2.45, 2.75) is 18.8 Å². The maximum absolute atomic E-state index is 6.37. The molecule has 0 bridgehead atoms. The Morgan fingerprint density at radius 1 is 1.25 bits per heavy atom. The molecule has 5 nitrogen and oxygen atoms in total. The Hall–Kier alpha value is -1.02. The molecule has 1 saturated carbocycles. The number of fused-ring (bicyclic) bond motifs is 1. The molecule has 0 radical (unpaired) electrons. The van der Waals surface area contributed by atoms with Crippen LogP contribution in [0, 0.1) is 4.77 Å². The van der Waals surface area contributed by atoms with Crippen molar-refractivity contribution in [1.29, 1.82) is 0 Å². The van der Waals surface area contributed by atoms with Crippen molar-refractivity contribution < 1.29 is 0 Å². The average Bonchev–Trinajstić information content (AvgIpc) is 3.00. The van der Waals surface area contributed by atoms with Gasteiger partial charge in [0, 0.05) is 5.92 Å². The third-order valence-electron chi connectivity index (χ3n) is 3.28. The molecule has 0 spiro atoms. The van der Waals surface area contributed by atoms with E-state index in [1.807, 2.05) is 4.57 Å². The van der Waals surface area contributed by atoms with Gasteiger partial charge in [-0.3, -0.25) is 9.67 Å². The second kappa shape index (κ2) is 4.49. The number of aromatic amines is 1. The lowest BCUT2D eigenvalue weighted by atomic mass is 10.2. The van der Waals surface area contributed by atoms with Crippen LogP contribution in [-0.4, -0.2) is 23.5 Å². The highest BCUT2D eigenvalue weighted by molar-refractivity contribution is 7.71. The van der Waals surface area contributed by atoms with E-state index in [9.17, 15) is 0 Å². The van der Waals surface area contributed by atoms with E-state index >= 15 is 0 Å². The summed E-state index contributed by atoms with van der Waals surface area (Å²) in [6.07, 6.45) is 2.23. The monoisotopic (exact) mass is 343 g/mol. The number of H-pyrrole nitrogens is 1. The summed E-state index contributed by atoms with van der Waals surface area (Å²) in [5.74, 6) is 1.32. The van der Waals surface area contributed by atoms with Crippen molar-refractivity contribution in [1.82, 2.24) is 23.5 Å². The molecule has 1 fully saturated rings. The Balaban J connectivity index is 2.10. The molecule has 2 heterocycles. The van der Waals surface area contributed by atoms with Gasteiger partial charge < -0.3 is 0 Å². The van der Waals surface area contributed by atoms with E-state index in [0.717, 1.165) is 30.4 Å². The zero-order chi connectivity index (χ0) is 13.9. The van der Waals surface area contributed by atoms with Crippen molar-refractivity contribution in [3.05, 3.63) is 26.7 Å². The summed E-state index contributed by atoms with van der Waals surface area (Å²) in [6, 6.07) is 1.67. The van der Waals surface area contributed by atoms with Gasteiger partial charge in [-0.05, 0) is 31.1 Å². The Kier molecular flexibility index (Phi) is 2.85. The van der Waals surface area contributed by atoms with E-state index in [1.54, 1.807) is 6.07 Å². The summed E-state index contributed by atoms with van der Waals surface area (Å²) in [7, 11) is 0. The second-order valence-electron chi connectivity index (χ2n) is 4.65. The number of hydrogen-bond donors (Lipinski definition) is 1. The number of benzene rings is 1. The molecule has 2 aromatic heterocycles. The highest BCUT2D eigenvalue weighted by atomic mass is 35.5. The van der Waals surface area contributed by atoms with Gasteiger partial charge in [0.25, 0.3) is 0 Å². The maximum atomic E-state index is 6.37. The molecule has 1 aromatic carbocycles. The van der Waals surface area contributed by atoms with Crippen LogP contribution in [0.25, 0.3) is 16.7 Å². The normalized spacial score (nSPS) is 15.1. The molecule has 3 aromatic rings. The van der Waals surface area contributed by atoms with Gasteiger partial charge in [0.05, 0.1) is 27.5 Å². The van der Waals surface area contributed by atoms with Gasteiger partial charge in [-0.2, -0.15) is 13.8 Å². The highest BCUT2D eigenvalue weighted by Gasteiger charge is 2.31. The molecule has 1 aliphatic rings. The van der Waals surface area contributed by atoms with E-state index in [2.05, 4.69) is 18.9 Å². The summed E-state index contributed by atoms with van der Waals surface area (Å²) in [5.41, 5.74) is 2.01. The van der Waals surface area contributed by atoms with Crippen LogP contribution in [0.1, 0.15) is 24.6 Å². The quantitative estimate of drug-likeness (QED) is 0.711. The molecule has 0 aliphatic heterocycles. The minimum atomic E-state index is 0.427. The first-order valence-corrected chi connectivity index (χ1v) is 7.84. The van der Waals surface area contributed by atoms with Crippen LogP contribution in [0.5, 0.6) is 0 Å². The van der Waals surface area contributed by atoms with Crippen molar-refractivity contribution in [3.8, 4) is 5.69 Å². The maximum Gasteiger partial charge on any atom is 0.200 e. The fraction of sp³-hybridized carbons (Fsp3) is 0.273. The summed E-state index contributed by atoms with van der Waals surface area (Å²) < 4.78 is 10.9. The lowest BCUT2D eigenvalue weighted by Crippen LogP contribution is -2.02.